The number of nitrogens with one attached hydrogen (secondary N) is 2. The van der Waals surface area contributed by atoms with Crippen LogP contribution in [-0.4, -0.2) is 25.5 Å². The van der Waals surface area contributed by atoms with Crippen molar-refractivity contribution in [2.45, 2.75) is 0 Å². The number of hydrogen-bond acceptors (Lipinski definition) is 5. The molecule has 2 N–H and O–H groups in total. The number of anilines is 2. The van der Waals surface area contributed by atoms with Crippen molar-refractivity contribution in [3.8, 4) is 11.5 Å². The van der Waals surface area contributed by atoms with Gasteiger partial charge in [-0.15, -0.1) is 0 Å². The molecular weight excluding hydrogens is 396 g/mol. The molecule has 3 aromatic carbocycles. The zero-order valence-corrected chi connectivity index (χ0v) is 16.8. The molecule has 0 aliphatic carbocycles. The van der Waals surface area contributed by atoms with Crippen LogP contribution in [-0.2, 0) is 4.79 Å². The largest absolute Gasteiger partial charge is 0.497 e. The van der Waals surface area contributed by atoms with E-state index in [-0.39, 0.29) is 18.1 Å². The quantitative estimate of drug-likeness (QED) is 0.455. The maximum atomic E-state index is 12.9. The molecule has 0 atom stereocenters. The van der Waals surface area contributed by atoms with Crippen molar-refractivity contribution in [3.05, 3.63) is 84.6 Å². The van der Waals surface area contributed by atoms with Gasteiger partial charge in [0, 0.05) is 17.1 Å². The van der Waals surface area contributed by atoms with Gasteiger partial charge in [0.15, 0.2) is 6.61 Å². The molecule has 0 aliphatic rings. The van der Waals surface area contributed by atoms with Crippen LogP contribution in [0, 0.1) is 0 Å². The summed E-state index contributed by atoms with van der Waals surface area (Å²) in [6.45, 7) is -0.208. The molecule has 1 aromatic heterocycles. The SMILES string of the molecule is COc1cccc(NC(=O)c2oc3ccccc3c2NC(=O)COc2ccccc2)c1. The van der Waals surface area contributed by atoms with Gasteiger partial charge in [0.1, 0.15) is 22.8 Å². The Labute approximate surface area is 178 Å². The van der Waals surface area contributed by atoms with Crippen LogP contribution >= 0.6 is 0 Å². The maximum Gasteiger partial charge on any atom is 0.293 e. The number of para-hydroxylation sites is 2. The first-order valence-electron chi connectivity index (χ1n) is 9.58. The Morgan fingerprint density at radius 2 is 1.61 bits per heavy atom. The van der Waals surface area contributed by atoms with Crippen molar-refractivity contribution in [2.24, 2.45) is 0 Å². The van der Waals surface area contributed by atoms with Crippen molar-refractivity contribution < 1.29 is 23.5 Å². The Hall–Kier alpha value is -4.26. The van der Waals surface area contributed by atoms with Crippen molar-refractivity contribution in [2.75, 3.05) is 24.4 Å². The van der Waals surface area contributed by atoms with Crippen LogP contribution < -0.4 is 20.1 Å². The molecule has 4 rings (SSSR count). The van der Waals surface area contributed by atoms with Crippen molar-refractivity contribution in [1.29, 1.82) is 0 Å². The first-order chi connectivity index (χ1) is 15.1. The minimum atomic E-state index is -0.497. The molecule has 7 nitrogen and oxygen atoms in total. The van der Waals surface area contributed by atoms with E-state index < -0.39 is 11.8 Å². The van der Waals surface area contributed by atoms with E-state index in [1.165, 1.54) is 0 Å². The van der Waals surface area contributed by atoms with Gasteiger partial charge in [0.2, 0.25) is 5.76 Å². The van der Waals surface area contributed by atoms with Gasteiger partial charge in [-0.05, 0) is 36.4 Å². The number of methoxy groups -OCH3 is 1. The van der Waals surface area contributed by atoms with Crippen LogP contribution in [0.3, 0.4) is 0 Å². The van der Waals surface area contributed by atoms with E-state index in [1.807, 2.05) is 18.2 Å². The second-order valence-electron chi connectivity index (χ2n) is 6.64. The molecule has 0 aliphatic heterocycles. The number of carbonyl (C=O) groups excluding carboxylic acids is 2. The Morgan fingerprint density at radius 1 is 0.871 bits per heavy atom. The molecule has 0 radical (unpaired) electrons. The van der Waals surface area contributed by atoms with E-state index in [0.29, 0.717) is 28.2 Å². The van der Waals surface area contributed by atoms with E-state index in [1.54, 1.807) is 67.8 Å². The molecule has 7 heteroatoms. The lowest BCUT2D eigenvalue weighted by Crippen LogP contribution is -2.22. The molecule has 0 unspecified atom stereocenters. The standard InChI is InChI=1S/C24H20N2O5/c1-29-18-11-7-8-16(14-18)25-24(28)23-22(19-12-5-6-13-20(19)31-23)26-21(27)15-30-17-9-3-2-4-10-17/h2-14H,15H2,1H3,(H,25,28)(H,26,27). The molecule has 0 saturated heterocycles. The van der Waals surface area contributed by atoms with E-state index in [4.69, 9.17) is 13.9 Å². The lowest BCUT2D eigenvalue weighted by molar-refractivity contribution is -0.118. The van der Waals surface area contributed by atoms with Crippen molar-refractivity contribution >= 4 is 34.2 Å². The topological polar surface area (TPSA) is 89.8 Å². The van der Waals surface area contributed by atoms with Crippen LogP contribution in [0.1, 0.15) is 10.6 Å². The van der Waals surface area contributed by atoms with Gasteiger partial charge in [-0.2, -0.15) is 0 Å². The van der Waals surface area contributed by atoms with E-state index in [9.17, 15) is 9.59 Å². The molecule has 0 saturated carbocycles. The van der Waals surface area contributed by atoms with E-state index in [0.717, 1.165) is 0 Å². The number of fused-ring (bicyclic) bond motifs is 1. The fourth-order valence-electron chi connectivity index (χ4n) is 3.06. The third kappa shape index (κ3) is 4.67. The lowest BCUT2D eigenvalue weighted by Gasteiger charge is -2.09. The third-order valence-corrected chi connectivity index (χ3v) is 4.51. The summed E-state index contributed by atoms with van der Waals surface area (Å²) in [6.07, 6.45) is 0. The minimum absolute atomic E-state index is 0.00270. The van der Waals surface area contributed by atoms with Gasteiger partial charge in [0.25, 0.3) is 11.8 Å². The molecule has 2 amide bonds. The third-order valence-electron chi connectivity index (χ3n) is 4.51. The smallest absolute Gasteiger partial charge is 0.293 e. The summed E-state index contributed by atoms with van der Waals surface area (Å²) in [5, 5.41) is 6.14. The number of amides is 2. The van der Waals surface area contributed by atoms with Crippen LogP contribution in [0.4, 0.5) is 11.4 Å². The molecule has 0 spiro atoms. The summed E-state index contributed by atoms with van der Waals surface area (Å²) in [5.41, 5.74) is 1.31. The van der Waals surface area contributed by atoms with Gasteiger partial charge in [-0.3, -0.25) is 9.59 Å². The van der Waals surface area contributed by atoms with Gasteiger partial charge in [0.05, 0.1) is 7.11 Å². The van der Waals surface area contributed by atoms with Crippen LogP contribution in [0.25, 0.3) is 11.0 Å². The first-order valence-corrected chi connectivity index (χ1v) is 9.58. The highest BCUT2D eigenvalue weighted by Gasteiger charge is 2.22. The molecular formula is C24H20N2O5. The number of hydrogen-bond donors (Lipinski definition) is 2. The monoisotopic (exact) mass is 416 g/mol. The fraction of sp³-hybridized carbons (Fsp3) is 0.0833. The first kappa shape index (κ1) is 20.0. The number of carbonyl (C=O) groups is 2. The lowest BCUT2D eigenvalue weighted by atomic mass is 10.2. The van der Waals surface area contributed by atoms with Gasteiger partial charge < -0.3 is 24.5 Å². The number of rotatable bonds is 7. The predicted molar refractivity (Wildman–Crippen MR) is 118 cm³/mol. The maximum absolute atomic E-state index is 12.9. The molecule has 0 bridgehead atoms. The normalized spacial score (nSPS) is 10.5. The van der Waals surface area contributed by atoms with Crippen LogP contribution in [0.15, 0.2) is 83.3 Å². The summed E-state index contributed by atoms with van der Waals surface area (Å²) < 4.78 is 16.4. The second kappa shape index (κ2) is 9.04. The number of furan rings is 1. The Morgan fingerprint density at radius 3 is 2.42 bits per heavy atom. The van der Waals surface area contributed by atoms with Gasteiger partial charge in [-0.25, -0.2) is 0 Å². The molecule has 1 heterocycles. The second-order valence-corrected chi connectivity index (χ2v) is 6.64. The summed E-state index contributed by atoms with van der Waals surface area (Å²) in [5.74, 6) is 0.270. The highest BCUT2D eigenvalue weighted by Crippen LogP contribution is 2.31. The zero-order chi connectivity index (χ0) is 21.6. The average molecular weight is 416 g/mol. The highest BCUT2D eigenvalue weighted by molar-refractivity contribution is 6.14. The van der Waals surface area contributed by atoms with E-state index in [2.05, 4.69) is 10.6 Å². The highest BCUT2D eigenvalue weighted by atomic mass is 16.5. The van der Waals surface area contributed by atoms with Crippen LogP contribution in [0.2, 0.25) is 0 Å². The Kier molecular flexibility index (Phi) is 5.84. The summed E-state index contributed by atoms with van der Waals surface area (Å²) in [4.78, 5) is 25.5. The Balaban J connectivity index is 1.56. The van der Waals surface area contributed by atoms with Gasteiger partial charge >= 0.3 is 0 Å². The molecule has 4 aromatic rings. The predicted octanol–water partition coefficient (Wildman–Crippen LogP) is 4.71. The van der Waals surface area contributed by atoms with Crippen LogP contribution in [0.5, 0.6) is 11.5 Å². The summed E-state index contributed by atoms with van der Waals surface area (Å²) in [7, 11) is 1.55. The zero-order valence-electron chi connectivity index (χ0n) is 16.8. The average Bonchev–Trinajstić information content (AvgIpc) is 3.17. The summed E-state index contributed by atoms with van der Waals surface area (Å²) in [6, 6.07) is 23.1. The van der Waals surface area contributed by atoms with Crippen molar-refractivity contribution in [1.82, 2.24) is 0 Å². The summed E-state index contributed by atoms with van der Waals surface area (Å²) >= 11 is 0. The fourth-order valence-corrected chi connectivity index (χ4v) is 3.06. The Bertz CT molecular complexity index is 1220. The number of ether oxygens (including phenoxy) is 2. The van der Waals surface area contributed by atoms with E-state index >= 15 is 0 Å². The number of benzene rings is 3. The minimum Gasteiger partial charge on any atom is -0.497 e. The van der Waals surface area contributed by atoms with Crippen molar-refractivity contribution in [3.63, 3.8) is 0 Å². The van der Waals surface area contributed by atoms with Gasteiger partial charge in [-0.1, -0.05) is 36.4 Å². The molecule has 0 fully saturated rings. The molecule has 31 heavy (non-hydrogen) atoms. The molecule has 156 valence electrons.